The molecule has 20 heavy (non-hydrogen) atoms. The Morgan fingerprint density at radius 1 is 1.15 bits per heavy atom. The number of benzene rings is 1. The van der Waals surface area contributed by atoms with Crippen LogP contribution in [0, 0.1) is 6.92 Å². The molecular weight excluding hydrogens is 248 g/mol. The maximum Gasteiger partial charge on any atom is 0.123 e. The van der Waals surface area contributed by atoms with Gasteiger partial charge in [0.15, 0.2) is 0 Å². The van der Waals surface area contributed by atoms with E-state index in [9.17, 15) is 0 Å². The number of nitrogens with zero attached hydrogens (tertiary/aromatic N) is 3. The van der Waals surface area contributed by atoms with Gasteiger partial charge in [0.25, 0.3) is 0 Å². The van der Waals surface area contributed by atoms with E-state index < -0.39 is 0 Å². The lowest BCUT2D eigenvalue weighted by atomic mass is 10.1. The Balaban J connectivity index is 1.71. The number of pyridine rings is 1. The van der Waals surface area contributed by atoms with E-state index in [1.54, 1.807) is 0 Å². The van der Waals surface area contributed by atoms with Gasteiger partial charge in [0.1, 0.15) is 5.82 Å². The van der Waals surface area contributed by atoms with Crippen molar-refractivity contribution in [3.8, 4) is 0 Å². The number of aromatic nitrogens is 3. The van der Waals surface area contributed by atoms with E-state index in [2.05, 4.69) is 39.9 Å². The van der Waals surface area contributed by atoms with E-state index in [1.165, 1.54) is 16.6 Å². The number of hydrogen-bond donors (Lipinski definition) is 1. The quantitative estimate of drug-likeness (QED) is 0.789. The second-order valence-corrected chi connectivity index (χ2v) is 4.98. The first-order valence-electron chi connectivity index (χ1n) is 6.76. The summed E-state index contributed by atoms with van der Waals surface area (Å²) in [6, 6.07) is 10.2. The second kappa shape index (κ2) is 5.43. The first kappa shape index (κ1) is 12.8. The van der Waals surface area contributed by atoms with E-state index in [1.807, 2.05) is 36.7 Å². The summed E-state index contributed by atoms with van der Waals surface area (Å²) in [6.07, 6.45) is 3.74. The van der Waals surface area contributed by atoms with Gasteiger partial charge in [-0.15, -0.1) is 0 Å². The van der Waals surface area contributed by atoms with E-state index in [4.69, 9.17) is 0 Å². The van der Waals surface area contributed by atoms with Crippen LogP contribution in [0.4, 0.5) is 0 Å². The number of nitrogens with one attached hydrogen (secondary N) is 1. The van der Waals surface area contributed by atoms with Gasteiger partial charge in [0.05, 0.1) is 17.6 Å². The molecule has 4 heteroatoms. The predicted molar refractivity (Wildman–Crippen MR) is 80.2 cm³/mol. The van der Waals surface area contributed by atoms with Crippen molar-refractivity contribution in [3.63, 3.8) is 0 Å². The molecule has 1 aromatic carbocycles. The molecule has 3 aromatic rings. The third kappa shape index (κ3) is 2.42. The Morgan fingerprint density at radius 3 is 2.80 bits per heavy atom. The van der Waals surface area contributed by atoms with E-state index >= 15 is 0 Å². The molecule has 0 saturated carbocycles. The van der Waals surface area contributed by atoms with Crippen molar-refractivity contribution in [2.75, 3.05) is 0 Å². The zero-order valence-corrected chi connectivity index (χ0v) is 11.8. The van der Waals surface area contributed by atoms with Crippen LogP contribution in [0.15, 0.2) is 42.7 Å². The molecule has 0 unspecified atom stereocenters. The fraction of sp³-hybridized carbons (Fsp3) is 0.250. The molecule has 4 nitrogen and oxygen atoms in total. The summed E-state index contributed by atoms with van der Waals surface area (Å²) in [7, 11) is 2.06. The van der Waals surface area contributed by atoms with Crippen LogP contribution in [0.3, 0.4) is 0 Å². The lowest BCUT2D eigenvalue weighted by Crippen LogP contribution is -2.16. The molecule has 3 rings (SSSR count). The van der Waals surface area contributed by atoms with Gasteiger partial charge in [-0.1, -0.05) is 12.1 Å². The zero-order chi connectivity index (χ0) is 13.9. The van der Waals surface area contributed by atoms with Crippen LogP contribution in [-0.4, -0.2) is 14.5 Å². The van der Waals surface area contributed by atoms with Gasteiger partial charge in [-0.05, 0) is 36.2 Å². The van der Waals surface area contributed by atoms with Gasteiger partial charge in [-0.3, -0.25) is 4.98 Å². The fourth-order valence-corrected chi connectivity index (χ4v) is 2.34. The van der Waals surface area contributed by atoms with Gasteiger partial charge in [-0.25, -0.2) is 4.98 Å². The summed E-state index contributed by atoms with van der Waals surface area (Å²) in [5, 5.41) is 3.44. The summed E-state index contributed by atoms with van der Waals surface area (Å²) >= 11 is 0. The second-order valence-electron chi connectivity index (χ2n) is 4.98. The maximum absolute atomic E-state index is 4.65. The van der Waals surface area contributed by atoms with Crippen LogP contribution in [-0.2, 0) is 20.1 Å². The fourth-order valence-electron chi connectivity index (χ4n) is 2.34. The van der Waals surface area contributed by atoms with Crippen molar-refractivity contribution in [3.05, 3.63) is 59.7 Å². The first-order chi connectivity index (χ1) is 9.75. The molecule has 2 heterocycles. The number of fused-ring (bicyclic) bond motifs is 1. The largest absolute Gasteiger partial charge is 0.330 e. The summed E-state index contributed by atoms with van der Waals surface area (Å²) in [4.78, 5) is 8.81. The molecule has 0 fully saturated rings. The van der Waals surface area contributed by atoms with E-state index in [0.29, 0.717) is 0 Å². The van der Waals surface area contributed by atoms with Crippen molar-refractivity contribution in [2.24, 2.45) is 7.05 Å². The molecule has 0 spiro atoms. The zero-order valence-electron chi connectivity index (χ0n) is 11.8. The van der Waals surface area contributed by atoms with Crippen LogP contribution < -0.4 is 5.32 Å². The summed E-state index contributed by atoms with van der Waals surface area (Å²) in [5.41, 5.74) is 4.70. The average Bonchev–Trinajstić information content (AvgIpc) is 2.78. The molecule has 0 atom stereocenters. The minimum absolute atomic E-state index is 0.750. The molecule has 2 aromatic heterocycles. The number of hydrogen-bond acceptors (Lipinski definition) is 3. The third-order valence-corrected chi connectivity index (χ3v) is 3.63. The Bertz CT molecular complexity index is 730. The van der Waals surface area contributed by atoms with Crippen molar-refractivity contribution < 1.29 is 0 Å². The smallest absolute Gasteiger partial charge is 0.123 e. The summed E-state index contributed by atoms with van der Waals surface area (Å²) < 4.78 is 2.14. The van der Waals surface area contributed by atoms with Crippen molar-refractivity contribution in [1.82, 2.24) is 19.9 Å². The Morgan fingerprint density at radius 2 is 2.00 bits per heavy atom. The number of rotatable bonds is 4. The first-order valence-corrected chi connectivity index (χ1v) is 6.76. The topological polar surface area (TPSA) is 42.7 Å². The molecular formula is C16H18N4. The molecule has 0 amide bonds. The molecule has 102 valence electrons. The van der Waals surface area contributed by atoms with Crippen molar-refractivity contribution in [2.45, 2.75) is 20.0 Å². The number of aryl methyl sites for hydroxylation is 2. The van der Waals surface area contributed by atoms with Crippen LogP contribution in [0.25, 0.3) is 11.0 Å². The molecule has 0 aliphatic rings. The summed E-state index contributed by atoms with van der Waals surface area (Å²) in [6.45, 7) is 3.66. The van der Waals surface area contributed by atoms with Crippen molar-refractivity contribution in [1.29, 1.82) is 0 Å². The number of imidazole rings is 1. The van der Waals surface area contributed by atoms with Crippen LogP contribution >= 0.6 is 0 Å². The van der Waals surface area contributed by atoms with Crippen molar-refractivity contribution >= 4 is 11.0 Å². The standard InChI is InChI=1S/C16H18N4/c1-12-7-8-17-9-13(12)10-18-11-16-19-14-5-3-4-6-15(14)20(16)2/h3-9,18H,10-11H2,1-2H3. The molecule has 0 aliphatic heterocycles. The van der Waals surface area contributed by atoms with Crippen LogP contribution in [0.2, 0.25) is 0 Å². The minimum atomic E-state index is 0.750. The van der Waals surface area contributed by atoms with Gasteiger partial charge in [0, 0.05) is 26.0 Å². The van der Waals surface area contributed by atoms with Gasteiger partial charge in [0.2, 0.25) is 0 Å². The van der Waals surface area contributed by atoms with E-state index in [0.717, 1.165) is 24.4 Å². The molecule has 1 N–H and O–H groups in total. The van der Waals surface area contributed by atoms with Gasteiger partial charge in [-0.2, -0.15) is 0 Å². The normalized spacial score (nSPS) is 11.1. The molecule has 0 bridgehead atoms. The summed E-state index contributed by atoms with van der Waals surface area (Å²) in [5.74, 6) is 1.05. The van der Waals surface area contributed by atoms with Crippen LogP contribution in [0.1, 0.15) is 17.0 Å². The SMILES string of the molecule is Cc1ccncc1CNCc1nc2ccccc2n1C. The third-order valence-electron chi connectivity index (χ3n) is 3.63. The highest BCUT2D eigenvalue weighted by Crippen LogP contribution is 2.14. The predicted octanol–water partition coefficient (Wildman–Crippen LogP) is 2.57. The highest BCUT2D eigenvalue weighted by molar-refractivity contribution is 5.75. The monoisotopic (exact) mass is 266 g/mol. The van der Waals surface area contributed by atoms with Gasteiger partial charge >= 0.3 is 0 Å². The highest BCUT2D eigenvalue weighted by Gasteiger charge is 2.06. The number of para-hydroxylation sites is 2. The lowest BCUT2D eigenvalue weighted by molar-refractivity contribution is 0.640. The average molecular weight is 266 g/mol. The maximum atomic E-state index is 4.65. The Labute approximate surface area is 118 Å². The van der Waals surface area contributed by atoms with Crippen LogP contribution in [0.5, 0.6) is 0 Å². The van der Waals surface area contributed by atoms with E-state index in [-0.39, 0.29) is 0 Å². The highest BCUT2D eigenvalue weighted by atomic mass is 15.1. The molecule has 0 saturated heterocycles. The Kier molecular flexibility index (Phi) is 3.48. The minimum Gasteiger partial charge on any atom is -0.330 e. The molecule has 0 radical (unpaired) electrons. The lowest BCUT2D eigenvalue weighted by Gasteiger charge is -2.07. The Hall–Kier alpha value is -2.20. The van der Waals surface area contributed by atoms with Gasteiger partial charge < -0.3 is 9.88 Å². The molecule has 0 aliphatic carbocycles.